The van der Waals surface area contributed by atoms with Gasteiger partial charge in [0.25, 0.3) is 0 Å². The minimum Gasteiger partial charge on any atom is -0.383 e. The van der Waals surface area contributed by atoms with Crippen LogP contribution in [-0.4, -0.2) is 20.0 Å². The number of aryl methyl sites for hydroxylation is 2. The first-order valence-electron chi connectivity index (χ1n) is 6.16. The number of hydrogen-bond acceptors (Lipinski definition) is 3. The van der Waals surface area contributed by atoms with Gasteiger partial charge in [0.2, 0.25) is 0 Å². The third-order valence-corrected chi connectivity index (χ3v) is 3.53. The number of nitrogens with zero attached hydrogens (tertiary/aromatic N) is 3. The van der Waals surface area contributed by atoms with Gasteiger partial charge in [-0.2, -0.15) is 10.2 Å². The second kappa shape index (κ2) is 4.68. The molecule has 3 rings (SSSR count). The van der Waals surface area contributed by atoms with Gasteiger partial charge in [0, 0.05) is 23.3 Å². The largest absolute Gasteiger partial charge is 0.383 e. The molecule has 2 heterocycles. The first kappa shape index (κ1) is 12.7. The number of rotatable bonds is 2. The zero-order valence-corrected chi connectivity index (χ0v) is 11.9. The number of hydrogen-bond donors (Lipinski definition) is 2. The number of aromatic amines is 1. The van der Waals surface area contributed by atoms with E-state index in [1.165, 1.54) is 0 Å². The molecule has 6 heteroatoms. The third kappa shape index (κ3) is 1.96. The van der Waals surface area contributed by atoms with Crippen molar-refractivity contribution < 1.29 is 0 Å². The van der Waals surface area contributed by atoms with E-state index >= 15 is 0 Å². The molecule has 0 amide bonds. The van der Waals surface area contributed by atoms with E-state index in [0.29, 0.717) is 10.8 Å². The number of anilines is 1. The molecule has 5 nitrogen and oxygen atoms in total. The summed E-state index contributed by atoms with van der Waals surface area (Å²) in [5.74, 6) is 0.600. The van der Waals surface area contributed by atoms with Crippen LogP contribution in [0.2, 0.25) is 5.02 Å². The lowest BCUT2D eigenvalue weighted by Gasteiger charge is -2.04. The maximum atomic E-state index is 6.17. The Morgan fingerprint density at radius 3 is 2.80 bits per heavy atom. The van der Waals surface area contributed by atoms with Crippen molar-refractivity contribution in [2.24, 2.45) is 7.05 Å². The Labute approximate surface area is 121 Å². The van der Waals surface area contributed by atoms with E-state index in [9.17, 15) is 0 Å². The van der Waals surface area contributed by atoms with Crippen LogP contribution in [0.4, 0.5) is 5.82 Å². The molecule has 0 aliphatic carbocycles. The highest BCUT2D eigenvalue weighted by Crippen LogP contribution is 2.37. The Morgan fingerprint density at radius 1 is 1.35 bits per heavy atom. The molecule has 3 N–H and O–H groups in total. The summed E-state index contributed by atoms with van der Waals surface area (Å²) in [6.45, 7) is 1.95. The first-order chi connectivity index (χ1) is 9.58. The highest BCUT2D eigenvalue weighted by molar-refractivity contribution is 6.30. The molecule has 0 fully saturated rings. The van der Waals surface area contributed by atoms with E-state index in [-0.39, 0.29) is 0 Å². The van der Waals surface area contributed by atoms with Crippen LogP contribution in [0.5, 0.6) is 0 Å². The number of H-pyrrole nitrogens is 1. The number of nitrogens with one attached hydrogen (secondary N) is 1. The van der Waals surface area contributed by atoms with Gasteiger partial charge in [0.15, 0.2) is 0 Å². The van der Waals surface area contributed by atoms with Crippen molar-refractivity contribution in [3.63, 3.8) is 0 Å². The van der Waals surface area contributed by atoms with Gasteiger partial charge in [0.05, 0.1) is 11.8 Å². The van der Waals surface area contributed by atoms with Crippen molar-refractivity contribution in [3.8, 4) is 22.4 Å². The predicted octanol–water partition coefficient (Wildman–Crippen LogP) is 3.02. The van der Waals surface area contributed by atoms with Gasteiger partial charge in [-0.3, -0.25) is 9.78 Å². The van der Waals surface area contributed by atoms with E-state index in [1.54, 1.807) is 10.9 Å². The average molecular weight is 288 g/mol. The fourth-order valence-corrected chi connectivity index (χ4v) is 2.43. The molecule has 1 aromatic carbocycles. The second-order valence-electron chi connectivity index (χ2n) is 4.65. The summed E-state index contributed by atoms with van der Waals surface area (Å²) in [7, 11) is 1.82. The minimum atomic E-state index is 0.600. The molecule has 2 aromatic heterocycles. The molecule has 0 spiro atoms. The molecule has 0 radical (unpaired) electrons. The molecule has 102 valence electrons. The molecule has 0 saturated heterocycles. The van der Waals surface area contributed by atoms with Crippen molar-refractivity contribution in [3.05, 3.63) is 41.2 Å². The molecule has 0 atom stereocenters. The lowest BCUT2D eigenvalue weighted by Crippen LogP contribution is -1.97. The zero-order valence-electron chi connectivity index (χ0n) is 11.2. The number of nitrogens with two attached hydrogens (primary N) is 1. The number of aromatic nitrogens is 4. The van der Waals surface area contributed by atoms with Crippen molar-refractivity contribution in [2.45, 2.75) is 6.92 Å². The SMILES string of the molecule is Cc1[nH]ncc1-c1nn(C)c(N)c1-c1cccc(Cl)c1. The molecule has 20 heavy (non-hydrogen) atoms. The van der Waals surface area contributed by atoms with Crippen LogP contribution >= 0.6 is 11.6 Å². The van der Waals surface area contributed by atoms with Gasteiger partial charge < -0.3 is 5.73 Å². The normalized spacial score (nSPS) is 10.9. The Bertz CT molecular complexity index is 772. The van der Waals surface area contributed by atoms with Crippen LogP contribution in [-0.2, 0) is 7.05 Å². The lowest BCUT2D eigenvalue weighted by atomic mass is 10.0. The number of nitrogen functional groups attached to an aromatic ring is 1. The third-order valence-electron chi connectivity index (χ3n) is 3.29. The molecule has 0 bridgehead atoms. The van der Waals surface area contributed by atoms with Crippen molar-refractivity contribution in [2.75, 3.05) is 5.73 Å². The zero-order chi connectivity index (χ0) is 14.3. The van der Waals surface area contributed by atoms with Crippen LogP contribution in [0.1, 0.15) is 5.69 Å². The van der Waals surface area contributed by atoms with Crippen molar-refractivity contribution in [1.82, 2.24) is 20.0 Å². The van der Waals surface area contributed by atoms with Gasteiger partial charge >= 0.3 is 0 Å². The highest BCUT2D eigenvalue weighted by Gasteiger charge is 2.19. The average Bonchev–Trinajstić information content (AvgIpc) is 2.94. The Balaban J connectivity index is 2.28. The summed E-state index contributed by atoms with van der Waals surface area (Å²) in [4.78, 5) is 0. The van der Waals surface area contributed by atoms with Crippen LogP contribution in [0.25, 0.3) is 22.4 Å². The number of benzene rings is 1. The van der Waals surface area contributed by atoms with E-state index in [4.69, 9.17) is 17.3 Å². The monoisotopic (exact) mass is 287 g/mol. The van der Waals surface area contributed by atoms with Crippen LogP contribution in [0.15, 0.2) is 30.5 Å². The smallest absolute Gasteiger partial charge is 0.129 e. The second-order valence-corrected chi connectivity index (χ2v) is 5.09. The number of halogens is 1. The summed E-state index contributed by atoms with van der Waals surface area (Å²) in [5, 5.41) is 12.1. The van der Waals surface area contributed by atoms with E-state index in [2.05, 4.69) is 15.3 Å². The molecule has 0 unspecified atom stereocenters. The predicted molar refractivity (Wildman–Crippen MR) is 80.4 cm³/mol. The lowest BCUT2D eigenvalue weighted by molar-refractivity contribution is 0.782. The Hall–Kier alpha value is -2.27. The van der Waals surface area contributed by atoms with Gasteiger partial charge in [-0.25, -0.2) is 0 Å². The quantitative estimate of drug-likeness (QED) is 0.761. The van der Waals surface area contributed by atoms with E-state index in [1.807, 2.05) is 38.2 Å². The molecule has 3 aromatic rings. The Morgan fingerprint density at radius 2 is 2.15 bits per heavy atom. The van der Waals surface area contributed by atoms with Crippen LogP contribution in [0, 0.1) is 6.92 Å². The summed E-state index contributed by atoms with van der Waals surface area (Å²) in [6, 6.07) is 7.59. The van der Waals surface area contributed by atoms with Gasteiger partial charge in [-0.1, -0.05) is 23.7 Å². The van der Waals surface area contributed by atoms with Gasteiger partial charge in [0.1, 0.15) is 11.5 Å². The van der Waals surface area contributed by atoms with E-state index in [0.717, 1.165) is 28.1 Å². The maximum absolute atomic E-state index is 6.17. The molecular weight excluding hydrogens is 274 g/mol. The van der Waals surface area contributed by atoms with Crippen LogP contribution in [0.3, 0.4) is 0 Å². The fraction of sp³-hybridized carbons (Fsp3) is 0.143. The van der Waals surface area contributed by atoms with Crippen molar-refractivity contribution in [1.29, 1.82) is 0 Å². The van der Waals surface area contributed by atoms with Gasteiger partial charge in [-0.15, -0.1) is 0 Å². The molecule has 0 aliphatic rings. The van der Waals surface area contributed by atoms with Crippen LogP contribution < -0.4 is 5.73 Å². The topological polar surface area (TPSA) is 72.5 Å². The summed E-state index contributed by atoms with van der Waals surface area (Å²) in [6.07, 6.45) is 1.76. The summed E-state index contributed by atoms with van der Waals surface area (Å²) in [5.41, 5.74) is 10.7. The minimum absolute atomic E-state index is 0.600. The summed E-state index contributed by atoms with van der Waals surface area (Å²) >= 11 is 6.08. The maximum Gasteiger partial charge on any atom is 0.129 e. The highest BCUT2D eigenvalue weighted by atomic mass is 35.5. The van der Waals surface area contributed by atoms with Crippen molar-refractivity contribution >= 4 is 17.4 Å². The Kier molecular flexibility index (Phi) is 2.99. The fourth-order valence-electron chi connectivity index (χ4n) is 2.24. The standard InChI is InChI=1S/C14H14ClN5/c1-8-11(7-17-18-8)13-12(14(16)20(2)19-13)9-4-3-5-10(15)6-9/h3-7H,16H2,1-2H3,(H,17,18). The van der Waals surface area contributed by atoms with E-state index < -0.39 is 0 Å². The molecule has 0 aliphatic heterocycles. The van der Waals surface area contributed by atoms with Gasteiger partial charge in [-0.05, 0) is 24.6 Å². The first-order valence-corrected chi connectivity index (χ1v) is 6.54. The summed E-state index contributed by atoms with van der Waals surface area (Å²) < 4.78 is 1.66. The molecular formula is C14H14ClN5. The molecule has 0 saturated carbocycles.